The predicted molar refractivity (Wildman–Crippen MR) is 148 cm³/mol. The summed E-state index contributed by atoms with van der Waals surface area (Å²) in [5.74, 6) is 3.08. The number of hydrogen-bond acceptors (Lipinski definition) is 9. The Balaban J connectivity index is 1.20. The molecule has 3 aromatic rings. The number of fused-ring (bicyclic) bond motifs is 1. The molecule has 2 aliphatic heterocycles. The average Bonchev–Trinajstić information content (AvgIpc) is 3.48. The largest absolute Gasteiger partial charge is 0.463 e. The van der Waals surface area contributed by atoms with Gasteiger partial charge in [0, 0.05) is 44.7 Å². The number of nitrogens with zero attached hydrogens (tertiary/aromatic N) is 7. The van der Waals surface area contributed by atoms with Crippen LogP contribution in [0.15, 0.2) is 30.6 Å². The minimum Gasteiger partial charge on any atom is -0.463 e. The van der Waals surface area contributed by atoms with Crippen molar-refractivity contribution in [2.24, 2.45) is 5.92 Å². The minimum atomic E-state index is 0.476. The quantitative estimate of drug-likeness (QED) is 0.503. The zero-order valence-corrected chi connectivity index (χ0v) is 21.9. The topological polar surface area (TPSA) is 82.5 Å². The van der Waals surface area contributed by atoms with E-state index in [4.69, 9.17) is 14.7 Å². The summed E-state index contributed by atoms with van der Waals surface area (Å²) in [5.41, 5.74) is 1.98. The molecule has 1 aliphatic carbocycles. The van der Waals surface area contributed by atoms with E-state index in [1.54, 1.807) is 0 Å². The molecule has 2 saturated heterocycles. The highest BCUT2D eigenvalue weighted by Gasteiger charge is 2.21. The van der Waals surface area contributed by atoms with Crippen molar-refractivity contribution in [1.82, 2.24) is 24.8 Å². The molecule has 3 aliphatic rings. The summed E-state index contributed by atoms with van der Waals surface area (Å²) in [7, 11) is 2.17. The van der Waals surface area contributed by atoms with Gasteiger partial charge in [0.25, 0.3) is 0 Å². The highest BCUT2D eigenvalue weighted by molar-refractivity contribution is 5.91. The Morgan fingerprint density at radius 2 is 1.62 bits per heavy atom. The fraction of sp³-hybridized carbons (Fsp3) is 0.571. The number of rotatable bonds is 7. The zero-order chi connectivity index (χ0) is 25.0. The van der Waals surface area contributed by atoms with Crippen molar-refractivity contribution in [3.05, 3.63) is 30.6 Å². The van der Waals surface area contributed by atoms with Crippen LogP contribution in [0.2, 0.25) is 0 Å². The van der Waals surface area contributed by atoms with Gasteiger partial charge in [-0.05, 0) is 56.8 Å². The summed E-state index contributed by atoms with van der Waals surface area (Å²) in [6.07, 6.45) is 12.6. The monoisotopic (exact) mass is 502 g/mol. The van der Waals surface area contributed by atoms with E-state index < -0.39 is 0 Å². The predicted octanol–water partition coefficient (Wildman–Crippen LogP) is 4.47. The smallest absolute Gasteiger partial charge is 0.319 e. The van der Waals surface area contributed by atoms with E-state index in [-0.39, 0.29) is 0 Å². The third-order valence-corrected chi connectivity index (χ3v) is 7.99. The third kappa shape index (κ3) is 5.71. The van der Waals surface area contributed by atoms with Gasteiger partial charge in [0.1, 0.15) is 17.5 Å². The number of likely N-dealkylation sites (N-methyl/N-ethyl adjacent to an activating group) is 1. The maximum atomic E-state index is 6.14. The molecular formula is C28H38N8O. The molecule has 1 saturated carbocycles. The molecule has 9 nitrogen and oxygen atoms in total. The molecular weight excluding hydrogens is 464 g/mol. The molecule has 0 amide bonds. The number of piperazine rings is 1. The molecule has 196 valence electrons. The van der Waals surface area contributed by atoms with Gasteiger partial charge in [0.15, 0.2) is 0 Å². The van der Waals surface area contributed by atoms with Gasteiger partial charge in [-0.25, -0.2) is 9.97 Å². The number of pyridine rings is 2. The van der Waals surface area contributed by atoms with Crippen LogP contribution in [-0.4, -0.2) is 77.8 Å². The molecule has 0 aromatic carbocycles. The standard InChI is InChI=1S/C28H38N8O/c1-34-13-15-35(16-14-34)22-9-10-25(29-18-22)32-26-17-23-24(19-30-26)31-28(33-27(23)36-11-5-6-12-36)37-20-21-7-3-2-4-8-21/h9-10,17-19,21H,2-8,11-16,20H2,1H3,(H,29,30,32). The Morgan fingerprint density at radius 3 is 2.38 bits per heavy atom. The van der Waals surface area contributed by atoms with Gasteiger partial charge < -0.3 is 24.8 Å². The van der Waals surface area contributed by atoms with Crippen molar-refractivity contribution in [2.45, 2.75) is 44.9 Å². The number of anilines is 4. The molecule has 0 spiro atoms. The maximum absolute atomic E-state index is 6.14. The molecule has 3 aromatic heterocycles. The molecule has 5 heterocycles. The lowest BCUT2D eigenvalue weighted by atomic mass is 9.90. The number of nitrogens with one attached hydrogen (secondary N) is 1. The van der Waals surface area contributed by atoms with E-state index in [9.17, 15) is 0 Å². The van der Waals surface area contributed by atoms with Crippen LogP contribution in [0.3, 0.4) is 0 Å². The summed E-state index contributed by atoms with van der Waals surface area (Å²) < 4.78 is 6.14. The second-order valence-corrected chi connectivity index (χ2v) is 10.7. The molecule has 6 rings (SSSR count). The van der Waals surface area contributed by atoms with Crippen LogP contribution in [-0.2, 0) is 0 Å². The number of ether oxygens (including phenoxy) is 1. The Hall–Kier alpha value is -3.20. The Bertz CT molecular complexity index is 1180. The lowest BCUT2D eigenvalue weighted by molar-refractivity contribution is 0.197. The lowest BCUT2D eigenvalue weighted by Gasteiger charge is -2.33. The van der Waals surface area contributed by atoms with Crippen LogP contribution in [0.5, 0.6) is 6.01 Å². The van der Waals surface area contributed by atoms with Crippen LogP contribution in [0.1, 0.15) is 44.9 Å². The lowest BCUT2D eigenvalue weighted by Crippen LogP contribution is -2.44. The highest BCUT2D eigenvalue weighted by atomic mass is 16.5. The fourth-order valence-electron chi connectivity index (χ4n) is 5.69. The van der Waals surface area contributed by atoms with E-state index in [2.05, 4.69) is 43.1 Å². The normalized spacial score (nSPS) is 19.5. The maximum Gasteiger partial charge on any atom is 0.319 e. The van der Waals surface area contributed by atoms with E-state index in [0.717, 1.165) is 73.3 Å². The summed E-state index contributed by atoms with van der Waals surface area (Å²) in [4.78, 5) is 26.0. The average molecular weight is 503 g/mol. The fourth-order valence-corrected chi connectivity index (χ4v) is 5.69. The van der Waals surface area contributed by atoms with Crippen LogP contribution in [0.4, 0.5) is 23.1 Å². The van der Waals surface area contributed by atoms with Crippen LogP contribution in [0, 0.1) is 5.92 Å². The van der Waals surface area contributed by atoms with Crippen LogP contribution < -0.4 is 19.9 Å². The summed E-state index contributed by atoms with van der Waals surface area (Å²) >= 11 is 0. The third-order valence-electron chi connectivity index (χ3n) is 7.99. The first-order valence-corrected chi connectivity index (χ1v) is 13.9. The molecule has 0 radical (unpaired) electrons. The molecule has 0 atom stereocenters. The van der Waals surface area contributed by atoms with Crippen molar-refractivity contribution in [1.29, 1.82) is 0 Å². The van der Waals surface area contributed by atoms with E-state index in [1.807, 2.05) is 24.5 Å². The molecule has 9 heteroatoms. The zero-order valence-electron chi connectivity index (χ0n) is 21.9. The number of hydrogen-bond donors (Lipinski definition) is 1. The van der Waals surface area contributed by atoms with Gasteiger partial charge in [-0.2, -0.15) is 9.97 Å². The van der Waals surface area contributed by atoms with Gasteiger partial charge in [-0.3, -0.25) is 0 Å². The first kappa shape index (κ1) is 24.2. The van der Waals surface area contributed by atoms with Crippen molar-refractivity contribution in [2.75, 3.05) is 68.0 Å². The molecule has 0 bridgehead atoms. The van der Waals surface area contributed by atoms with Gasteiger partial charge >= 0.3 is 6.01 Å². The van der Waals surface area contributed by atoms with Crippen molar-refractivity contribution < 1.29 is 4.74 Å². The van der Waals surface area contributed by atoms with Gasteiger partial charge in [-0.1, -0.05) is 19.3 Å². The van der Waals surface area contributed by atoms with Crippen LogP contribution in [0.25, 0.3) is 10.9 Å². The summed E-state index contributed by atoms with van der Waals surface area (Å²) in [6, 6.07) is 6.68. The van der Waals surface area contributed by atoms with Crippen molar-refractivity contribution in [3.8, 4) is 6.01 Å². The summed E-state index contributed by atoms with van der Waals surface area (Å²) in [6.45, 7) is 6.94. The molecule has 0 unspecified atom stereocenters. The van der Waals surface area contributed by atoms with Gasteiger partial charge in [-0.15, -0.1) is 0 Å². The van der Waals surface area contributed by atoms with Crippen molar-refractivity contribution in [3.63, 3.8) is 0 Å². The Labute approximate surface area is 219 Å². The minimum absolute atomic E-state index is 0.476. The molecule has 37 heavy (non-hydrogen) atoms. The second-order valence-electron chi connectivity index (χ2n) is 10.7. The Kier molecular flexibility index (Phi) is 7.21. The highest BCUT2D eigenvalue weighted by Crippen LogP contribution is 2.31. The molecule has 1 N–H and O–H groups in total. The van der Waals surface area contributed by atoms with Gasteiger partial charge in [0.2, 0.25) is 0 Å². The second kappa shape index (κ2) is 11.0. The van der Waals surface area contributed by atoms with Crippen LogP contribution >= 0.6 is 0 Å². The van der Waals surface area contributed by atoms with Crippen molar-refractivity contribution >= 4 is 34.0 Å². The van der Waals surface area contributed by atoms with Gasteiger partial charge in [0.05, 0.1) is 30.2 Å². The first-order chi connectivity index (χ1) is 18.2. The Morgan fingerprint density at radius 1 is 0.838 bits per heavy atom. The van der Waals surface area contributed by atoms with E-state index in [0.29, 0.717) is 18.5 Å². The van der Waals surface area contributed by atoms with E-state index in [1.165, 1.54) is 44.9 Å². The SMILES string of the molecule is CN1CCN(c2ccc(Nc3cc4c(N5CCCC5)nc(OCC5CCCCC5)nc4cn3)nc2)CC1. The number of aromatic nitrogens is 4. The molecule has 3 fully saturated rings. The summed E-state index contributed by atoms with van der Waals surface area (Å²) in [5, 5.41) is 4.38. The first-order valence-electron chi connectivity index (χ1n) is 13.9. The van der Waals surface area contributed by atoms with E-state index >= 15 is 0 Å².